The molecule has 0 rings (SSSR count). The molecule has 0 radical (unpaired) electrons. The third-order valence-electron chi connectivity index (χ3n) is 2.69. The zero-order valence-corrected chi connectivity index (χ0v) is 10.3. The second-order valence-electron chi connectivity index (χ2n) is 6.09. The van der Waals surface area contributed by atoms with Crippen LogP contribution in [0.2, 0.25) is 0 Å². The van der Waals surface area contributed by atoms with Gasteiger partial charge in [0, 0.05) is 5.41 Å². The maximum Gasteiger partial charge on any atom is 0.339 e. The average molecular weight is 218 g/mol. The van der Waals surface area contributed by atoms with Gasteiger partial charge in [-0.05, 0) is 5.41 Å². The van der Waals surface area contributed by atoms with Crippen LogP contribution >= 0.6 is 0 Å². The summed E-state index contributed by atoms with van der Waals surface area (Å²) in [4.78, 5) is 11.1. The molecular weight excluding hydrogens is 196 g/mol. The van der Waals surface area contributed by atoms with Crippen LogP contribution < -0.4 is 0 Å². The zero-order valence-electron chi connectivity index (χ0n) is 10.3. The van der Waals surface area contributed by atoms with Gasteiger partial charge in [0.1, 0.15) is 0 Å². The minimum Gasteiger partial charge on any atom is -0.479 e. The van der Waals surface area contributed by atoms with Crippen LogP contribution in [0, 0.1) is 10.8 Å². The van der Waals surface area contributed by atoms with Crippen LogP contribution in [0.4, 0.5) is 0 Å². The molecule has 0 saturated heterocycles. The Morgan fingerprint density at radius 3 is 1.47 bits per heavy atom. The van der Waals surface area contributed by atoms with Crippen LogP contribution in [-0.4, -0.2) is 33.0 Å². The quantitative estimate of drug-likeness (QED) is 0.652. The van der Waals surface area contributed by atoms with E-state index in [1.807, 2.05) is 0 Å². The third-order valence-corrected chi connectivity index (χ3v) is 2.69. The highest BCUT2D eigenvalue weighted by molar-refractivity contribution is 5.79. The van der Waals surface area contributed by atoms with E-state index < -0.39 is 28.5 Å². The second kappa shape index (κ2) is 3.76. The molecule has 0 fully saturated rings. The van der Waals surface area contributed by atoms with Gasteiger partial charge in [-0.1, -0.05) is 41.5 Å². The zero-order chi connectivity index (χ0) is 12.7. The number of aliphatic carboxylic acids is 1. The molecule has 3 N–H and O–H groups in total. The van der Waals surface area contributed by atoms with Crippen molar-refractivity contribution in [1.29, 1.82) is 0 Å². The standard InChI is InChI=1S/C11H22O4/c1-9(2,3)7(12)11(15,8(13)14)10(4,5)6/h7,12,15H,1-6H3,(H,13,14). The van der Waals surface area contributed by atoms with Gasteiger partial charge in [0.05, 0.1) is 6.10 Å². The van der Waals surface area contributed by atoms with E-state index in [0.717, 1.165) is 0 Å². The van der Waals surface area contributed by atoms with Crippen molar-refractivity contribution in [2.24, 2.45) is 10.8 Å². The minimum absolute atomic E-state index is 0.694. The predicted molar refractivity (Wildman–Crippen MR) is 57.5 cm³/mol. The first-order valence-electron chi connectivity index (χ1n) is 4.99. The summed E-state index contributed by atoms with van der Waals surface area (Å²) >= 11 is 0. The summed E-state index contributed by atoms with van der Waals surface area (Å²) in [5, 5.41) is 29.3. The molecule has 4 heteroatoms. The van der Waals surface area contributed by atoms with Gasteiger partial charge >= 0.3 is 5.97 Å². The number of carbonyl (C=O) groups is 1. The lowest BCUT2D eigenvalue weighted by molar-refractivity contribution is -0.205. The normalized spacial score (nSPS) is 19.5. The Kier molecular flexibility index (Phi) is 3.60. The molecule has 0 aromatic rings. The highest BCUT2D eigenvalue weighted by Gasteiger charge is 2.56. The van der Waals surface area contributed by atoms with Gasteiger partial charge in [-0.3, -0.25) is 0 Å². The molecule has 0 spiro atoms. The summed E-state index contributed by atoms with van der Waals surface area (Å²) < 4.78 is 0. The van der Waals surface area contributed by atoms with Crippen LogP contribution in [0.3, 0.4) is 0 Å². The Bertz CT molecular complexity index is 246. The van der Waals surface area contributed by atoms with Crippen LogP contribution in [0.25, 0.3) is 0 Å². The molecule has 0 aromatic carbocycles. The molecule has 0 amide bonds. The van der Waals surface area contributed by atoms with Gasteiger partial charge in [0.2, 0.25) is 0 Å². The Hall–Kier alpha value is -0.610. The fourth-order valence-corrected chi connectivity index (χ4v) is 1.47. The van der Waals surface area contributed by atoms with E-state index in [2.05, 4.69) is 0 Å². The average Bonchev–Trinajstić information content (AvgIpc) is 1.97. The Morgan fingerprint density at radius 1 is 1.07 bits per heavy atom. The molecule has 2 atom stereocenters. The van der Waals surface area contributed by atoms with Gasteiger partial charge in [-0.25, -0.2) is 4.79 Å². The first kappa shape index (κ1) is 14.4. The minimum atomic E-state index is -2.15. The lowest BCUT2D eigenvalue weighted by Crippen LogP contribution is -2.62. The van der Waals surface area contributed by atoms with Crippen LogP contribution in [-0.2, 0) is 4.79 Å². The van der Waals surface area contributed by atoms with Crippen molar-refractivity contribution in [2.75, 3.05) is 0 Å². The summed E-state index contributed by atoms with van der Waals surface area (Å²) in [7, 11) is 0. The summed E-state index contributed by atoms with van der Waals surface area (Å²) in [5.74, 6) is -1.39. The molecule has 0 aromatic heterocycles. The second-order valence-corrected chi connectivity index (χ2v) is 6.09. The molecule has 0 saturated carbocycles. The summed E-state index contributed by atoms with van der Waals surface area (Å²) in [5.41, 5.74) is -3.78. The number of carboxylic acid groups (broad SMARTS) is 1. The lowest BCUT2D eigenvalue weighted by atomic mass is 9.66. The van der Waals surface area contributed by atoms with Crippen molar-refractivity contribution in [3.05, 3.63) is 0 Å². The molecule has 0 aliphatic heterocycles. The van der Waals surface area contributed by atoms with E-state index >= 15 is 0 Å². The summed E-state index contributed by atoms with van der Waals surface area (Å²) in [6.45, 7) is 9.86. The Morgan fingerprint density at radius 2 is 1.40 bits per heavy atom. The Balaban J connectivity index is 5.43. The van der Waals surface area contributed by atoms with Crippen LogP contribution in [0.5, 0.6) is 0 Å². The molecule has 2 unspecified atom stereocenters. The SMILES string of the molecule is CC(C)(C)C(O)C(O)(C(=O)O)C(C)(C)C. The predicted octanol–water partition coefficient (Wildman–Crippen LogP) is 1.26. The molecule has 90 valence electrons. The highest BCUT2D eigenvalue weighted by atomic mass is 16.4. The van der Waals surface area contributed by atoms with Gasteiger partial charge in [0.25, 0.3) is 0 Å². The molecule has 0 aliphatic rings. The van der Waals surface area contributed by atoms with E-state index in [0.29, 0.717) is 0 Å². The number of aliphatic hydroxyl groups excluding tert-OH is 1. The molecule has 15 heavy (non-hydrogen) atoms. The van der Waals surface area contributed by atoms with Gasteiger partial charge in [-0.15, -0.1) is 0 Å². The fourth-order valence-electron chi connectivity index (χ4n) is 1.47. The van der Waals surface area contributed by atoms with E-state index in [4.69, 9.17) is 5.11 Å². The first-order chi connectivity index (χ1) is 6.35. The molecule has 4 nitrogen and oxygen atoms in total. The van der Waals surface area contributed by atoms with Crippen LogP contribution in [0.1, 0.15) is 41.5 Å². The largest absolute Gasteiger partial charge is 0.479 e. The lowest BCUT2D eigenvalue weighted by Gasteiger charge is -2.44. The molecule has 0 aliphatic carbocycles. The maximum absolute atomic E-state index is 11.1. The van der Waals surface area contributed by atoms with Crippen LogP contribution in [0.15, 0.2) is 0 Å². The number of rotatable bonds is 2. The van der Waals surface area contributed by atoms with Gasteiger partial charge in [-0.2, -0.15) is 0 Å². The number of aliphatic hydroxyl groups is 2. The smallest absolute Gasteiger partial charge is 0.339 e. The molecule has 0 heterocycles. The van der Waals surface area contributed by atoms with E-state index in [1.165, 1.54) is 0 Å². The summed E-state index contributed by atoms with van der Waals surface area (Å²) in [6.07, 6.45) is -1.33. The van der Waals surface area contributed by atoms with Gasteiger partial charge < -0.3 is 15.3 Å². The summed E-state index contributed by atoms with van der Waals surface area (Å²) in [6, 6.07) is 0. The van der Waals surface area contributed by atoms with E-state index in [1.54, 1.807) is 41.5 Å². The maximum atomic E-state index is 11.1. The fraction of sp³-hybridized carbons (Fsp3) is 0.909. The topological polar surface area (TPSA) is 77.8 Å². The van der Waals surface area contributed by atoms with Crippen molar-refractivity contribution < 1.29 is 20.1 Å². The first-order valence-corrected chi connectivity index (χ1v) is 4.99. The third kappa shape index (κ3) is 2.49. The monoisotopic (exact) mass is 218 g/mol. The molecular formula is C11H22O4. The Labute approximate surface area is 90.9 Å². The van der Waals surface area contributed by atoms with Crippen molar-refractivity contribution >= 4 is 5.97 Å². The van der Waals surface area contributed by atoms with Crippen molar-refractivity contribution in [1.82, 2.24) is 0 Å². The number of hydrogen-bond donors (Lipinski definition) is 3. The van der Waals surface area contributed by atoms with Crippen molar-refractivity contribution in [2.45, 2.75) is 53.2 Å². The molecule has 0 bridgehead atoms. The highest BCUT2D eigenvalue weighted by Crippen LogP contribution is 2.40. The van der Waals surface area contributed by atoms with Crippen molar-refractivity contribution in [3.63, 3.8) is 0 Å². The van der Waals surface area contributed by atoms with Gasteiger partial charge in [0.15, 0.2) is 5.60 Å². The number of carboxylic acids is 1. The van der Waals surface area contributed by atoms with Crippen molar-refractivity contribution in [3.8, 4) is 0 Å². The van der Waals surface area contributed by atoms with E-state index in [-0.39, 0.29) is 0 Å². The van der Waals surface area contributed by atoms with E-state index in [9.17, 15) is 15.0 Å². The number of hydrogen-bond acceptors (Lipinski definition) is 3.